The van der Waals surface area contributed by atoms with Gasteiger partial charge in [-0.15, -0.1) is 11.8 Å². The molecular weight excluding hydrogens is 250 g/mol. The van der Waals surface area contributed by atoms with E-state index in [1.807, 2.05) is 0 Å². The molecule has 1 rings (SSSR count). The highest BCUT2D eigenvalue weighted by molar-refractivity contribution is 7.99. The molecule has 1 aromatic rings. The number of aliphatic carboxylic acids is 1. The predicted octanol–water partition coefficient (Wildman–Crippen LogP) is 2.32. The number of thioether (sulfide) groups is 1. The molecule has 0 aliphatic carbocycles. The zero-order chi connectivity index (χ0) is 12.0. The Labute approximate surface area is 103 Å². The van der Waals surface area contributed by atoms with Gasteiger partial charge in [0, 0.05) is 18.6 Å². The molecule has 0 saturated carbocycles. The van der Waals surface area contributed by atoms with Crippen LogP contribution in [0.25, 0.3) is 0 Å². The lowest BCUT2D eigenvalue weighted by molar-refractivity contribution is -0.148. The molecule has 0 radical (unpaired) electrons. The second kappa shape index (κ2) is 6.73. The minimum atomic E-state index is -0.971. The third-order valence-electron chi connectivity index (χ3n) is 1.74. The molecule has 1 unspecified atom stereocenters. The Hall–Kier alpha value is -0.780. The van der Waals surface area contributed by atoms with Gasteiger partial charge in [0.2, 0.25) is 0 Å². The molecule has 0 aliphatic heterocycles. The summed E-state index contributed by atoms with van der Waals surface area (Å²) < 4.78 is 5.07. The first-order chi connectivity index (χ1) is 7.65. The van der Waals surface area contributed by atoms with Gasteiger partial charge in [0.15, 0.2) is 6.10 Å². The van der Waals surface area contributed by atoms with E-state index in [1.165, 1.54) is 11.8 Å². The average Bonchev–Trinajstić information content (AvgIpc) is 2.26. The Balaban J connectivity index is 2.55. The highest BCUT2D eigenvalue weighted by atomic mass is 35.5. The summed E-state index contributed by atoms with van der Waals surface area (Å²) in [5, 5.41) is 10.0. The van der Waals surface area contributed by atoms with E-state index in [1.54, 1.807) is 25.3 Å². The number of aromatic nitrogens is 1. The summed E-state index contributed by atoms with van der Waals surface area (Å²) in [6.45, 7) is 2.13. The van der Waals surface area contributed by atoms with Crippen molar-refractivity contribution in [2.24, 2.45) is 0 Å². The van der Waals surface area contributed by atoms with E-state index >= 15 is 0 Å². The first-order valence-electron chi connectivity index (χ1n) is 4.73. The first kappa shape index (κ1) is 13.3. The summed E-state index contributed by atoms with van der Waals surface area (Å²) in [6, 6.07) is 3.44. The van der Waals surface area contributed by atoms with Crippen LogP contribution in [0.1, 0.15) is 6.92 Å². The molecular formula is C10H12ClNO3S. The number of pyridine rings is 1. The van der Waals surface area contributed by atoms with Gasteiger partial charge >= 0.3 is 5.97 Å². The number of hydrogen-bond acceptors (Lipinski definition) is 4. The van der Waals surface area contributed by atoms with Gasteiger partial charge < -0.3 is 9.84 Å². The van der Waals surface area contributed by atoms with Crippen LogP contribution < -0.4 is 0 Å². The SMILES string of the molecule is CCOC(CSc1ncccc1Cl)C(=O)O. The number of carboxylic acid groups (broad SMARTS) is 1. The van der Waals surface area contributed by atoms with Crippen molar-refractivity contribution in [3.05, 3.63) is 23.4 Å². The number of hydrogen-bond donors (Lipinski definition) is 1. The van der Waals surface area contributed by atoms with Crippen LogP contribution in [0.15, 0.2) is 23.4 Å². The van der Waals surface area contributed by atoms with Crippen molar-refractivity contribution >= 4 is 29.3 Å². The largest absolute Gasteiger partial charge is 0.479 e. The van der Waals surface area contributed by atoms with Crippen molar-refractivity contribution in [3.63, 3.8) is 0 Å². The second-order valence-corrected chi connectivity index (χ2v) is 4.30. The van der Waals surface area contributed by atoms with E-state index in [2.05, 4.69) is 4.98 Å². The van der Waals surface area contributed by atoms with Crippen molar-refractivity contribution < 1.29 is 14.6 Å². The molecule has 6 heteroatoms. The number of carbonyl (C=O) groups is 1. The van der Waals surface area contributed by atoms with Gasteiger partial charge in [0.05, 0.1) is 5.02 Å². The van der Waals surface area contributed by atoms with Crippen molar-refractivity contribution in [3.8, 4) is 0 Å². The number of ether oxygens (including phenoxy) is 1. The van der Waals surface area contributed by atoms with Crippen LogP contribution in [0.5, 0.6) is 0 Å². The van der Waals surface area contributed by atoms with Gasteiger partial charge in [0.1, 0.15) is 5.03 Å². The Kier molecular flexibility index (Phi) is 5.59. The third-order valence-corrected chi connectivity index (χ3v) is 3.22. The smallest absolute Gasteiger partial charge is 0.333 e. The maximum absolute atomic E-state index is 10.8. The average molecular weight is 262 g/mol. The maximum atomic E-state index is 10.8. The molecule has 0 fully saturated rings. The molecule has 88 valence electrons. The monoisotopic (exact) mass is 261 g/mol. The van der Waals surface area contributed by atoms with Crippen molar-refractivity contribution in [1.29, 1.82) is 0 Å². The van der Waals surface area contributed by atoms with E-state index in [0.717, 1.165) is 0 Å². The van der Waals surface area contributed by atoms with E-state index in [0.29, 0.717) is 22.4 Å². The molecule has 4 nitrogen and oxygen atoms in total. The van der Waals surface area contributed by atoms with Crippen LogP contribution in [0.2, 0.25) is 5.02 Å². The Morgan fingerprint density at radius 1 is 1.75 bits per heavy atom. The molecule has 0 aromatic carbocycles. The van der Waals surface area contributed by atoms with Gasteiger partial charge in [0.25, 0.3) is 0 Å². The predicted molar refractivity (Wildman–Crippen MR) is 63.0 cm³/mol. The Bertz CT molecular complexity index is 362. The highest BCUT2D eigenvalue weighted by Gasteiger charge is 2.18. The standard InChI is InChI=1S/C10H12ClNO3S/c1-2-15-8(10(13)14)6-16-9-7(11)4-3-5-12-9/h3-5,8H,2,6H2,1H3,(H,13,14). The molecule has 1 heterocycles. The zero-order valence-electron chi connectivity index (χ0n) is 8.72. The lowest BCUT2D eigenvalue weighted by Gasteiger charge is -2.11. The lowest BCUT2D eigenvalue weighted by Crippen LogP contribution is -2.26. The molecule has 0 spiro atoms. The Morgan fingerprint density at radius 3 is 3.06 bits per heavy atom. The minimum absolute atomic E-state index is 0.292. The van der Waals surface area contributed by atoms with Crippen molar-refractivity contribution in [2.75, 3.05) is 12.4 Å². The quantitative estimate of drug-likeness (QED) is 0.797. The molecule has 0 saturated heterocycles. The Morgan fingerprint density at radius 2 is 2.50 bits per heavy atom. The van der Waals surface area contributed by atoms with Gasteiger partial charge in [-0.1, -0.05) is 11.6 Å². The van der Waals surface area contributed by atoms with Crippen LogP contribution in [0, 0.1) is 0 Å². The summed E-state index contributed by atoms with van der Waals surface area (Å²) in [4.78, 5) is 14.9. The van der Waals surface area contributed by atoms with E-state index < -0.39 is 12.1 Å². The minimum Gasteiger partial charge on any atom is -0.479 e. The van der Waals surface area contributed by atoms with Gasteiger partial charge in [-0.3, -0.25) is 0 Å². The van der Waals surface area contributed by atoms with E-state index in [9.17, 15) is 4.79 Å². The highest BCUT2D eigenvalue weighted by Crippen LogP contribution is 2.25. The van der Waals surface area contributed by atoms with Crippen LogP contribution >= 0.6 is 23.4 Å². The normalized spacial score (nSPS) is 12.4. The van der Waals surface area contributed by atoms with E-state index in [-0.39, 0.29) is 0 Å². The molecule has 0 aliphatic rings. The number of rotatable bonds is 6. The summed E-state index contributed by atoms with van der Waals surface area (Å²) in [5.74, 6) is -0.679. The van der Waals surface area contributed by atoms with Gasteiger partial charge in [-0.05, 0) is 19.1 Å². The molecule has 1 aromatic heterocycles. The summed E-state index contributed by atoms with van der Waals surface area (Å²) in [5.41, 5.74) is 0. The molecule has 0 amide bonds. The summed E-state index contributed by atoms with van der Waals surface area (Å²) in [7, 11) is 0. The second-order valence-electron chi connectivity index (χ2n) is 2.88. The zero-order valence-corrected chi connectivity index (χ0v) is 10.3. The van der Waals surface area contributed by atoms with Gasteiger partial charge in [-0.25, -0.2) is 9.78 Å². The molecule has 0 bridgehead atoms. The van der Waals surface area contributed by atoms with Crippen LogP contribution in [-0.2, 0) is 9.53 Å². The molecule has 1 N–H and O–H groups in total. The van der Waals surface area contributed by atoms with Crippen LogP contribution in [-0.4, -0.2) is 34.5 Å². The summed E-state index contributed by atoms with van der Waals surface area (Å²) in [6.07, 6.45) is 0.790. The van der Waals surface area contributed by atoms with Crippen molar-refractivity contribution in [1.82, 2.24) is 4.98 Å². The fraction of sp³-hybridized carbons (Fsp3) is 0.400. The van der Waals surface area contributed by atoms with E-state index in [4.69, 9.17) is 21.4 Å². The first-order valence-corrected chi connectivity index (χ1v) is 6.09. The van der Waals surface area contributed by atoms with Gasteiger partial charge in [-0.2, -0.15) is 0 Å². The van der Waals surface area contributed by atoms with Crippen LogP contribution in [0.4, 0.5) is 0 Å². The lowest BCUT2D eigenvalue weighted by atomic mass is 10.4. The van der Waals surface area contributed by atoms with Crippen molar-refractivity contribution in [2.45, 2.75) is 18.1 Å². The number of nitrogens with zero attached hydrogens (tertiary/aromatic N) is 1. The number of halogens is 1. The fourth-order valence-electron chi connectivity index (χ4n) is 1.02. The van der Waals surface area contributed by atoms with Crippen LogP contribution in [0.3, 0.4) is 0 Å². The molecule has 16 heavy (non-hydrogen) atoms. The molecule has 1 atom stereocenters. The summed E-state index contributed by atoms with van der Waals surface area (Å²) >= 11 is 7.17. The fourth-order valence-corrected chi connectivity index (χ4v) is 2.20. The maximum Gasteiger partial charge on any atom is 0.333 e. The third kappa shape index (κ3) is 4.00. The number of carboxylic acids is 1. The topological polar surface area (TPSA) is 59.4 Å².